The summed E-state index contributed by atoms with van der Waals surface area (Å²) in [6.07, 6.45) is 0. The van der Waals surface area contributed by atoms with Gasteiger partial charge in [0.05, 0.1) is 6.04 Å². The van der Waals surface area contributed by atoms with Crippen LogP contribution >= 0.6 is 12.4 Å². The van der Waals surface area contributed by atoms with Crippen molar-refractivity contribution in [3.8, 4) is 0 Å². The van der Waals surface area contributed by atoms with Crippen molar-refractivity contribution in [1.29, 1.82) is 0 Å². The number of carbonyl (C=O) groups excluding carboxylic acids is 1. The van der Waals surface area contributed by atoms with Gasteiger partial charge in [-0.25, -0.2) is 4.79 Å². The maximum Gasteiger partial charge on any atom is 0.336 e. The number of hydrogen-bond donors (Lipinski definition) is 2. The number of anilines is 1. The average molecular weight is 269 g/mol. The van der Waals surface area contributed by atoms with Crippen LogP contribution in [0.4, 0.5) is 5.69 Å². The van der Waals surface area contributed by atoms with Gasteiger partial charge in [0.15, 0.2) is 0 Å². The van der Waals surface area contributed by atoms with E-state index in [1.807, 2.05) is 0 Å². The minimum atomic E-state index is -0.570. The van der Waals surface area contributed by atoms with Gasteiger partial charge in [0, 0.05) is 17.1 Å². The zero-order chi connectivity index (χ0) is 12.4. The second-order valence-corrected chi connectivity index (χ2v) is 3.78. The second-order valence-electron chi connectivity index (χ2n) is 3.78. The molecule has 0 radical (unpaired) electrons. The summed E-state index contributed by atoms with van der Waals surface area (Å²) in [7, 11) is 0. The van der Waals surface area contributed by atoms with E-state index in [2.05, 4.69) is 5.32 Å². The molecule has 3 N–H and O–H groups in total. The number of rotatable bonds is 2. The highest BCUT2D eigenvalue weighted by atomic mass is 35.5. The van der Waals surface area contributed by atoms with Crippen molar-refractivity contribution in [3.05, 3.63) is 40.8 Å². The molecular weight excluding hydrogens is 256 g/mol. The van der Waals surface area contributed by atoms with Gasteiger partial charge in [-0.05, 0) is 31.2 Å². The van der Waals surface area contributed by atoms with Crippen molar-refractivity contribution >= 4 is 35.0 Å². The van der Waals surface area contributed by atoms with Gasteiger partial charge in [0.2, 0.25) is 5.91 Å². The molecule has 0 aliphatic rings. The van der Waals surface area contributed by atoms with Crippen LogP contribution in [0.3, 0.4) is 0 Å². The fourth-order valence-corrected chi connectivity index (χ4v) is 1.41. The largest absolute Gasteiger partial charge is 0.423 e. The first-order chi connectivity index (χ1) is 8.06. The van der Waals surface area contributed by atoms with Crippen LogP contribution in [0.2, 0.25) is 0 Å². The van der Waals surface area contributed by atoms with Crippen LogP contribution in [-0.4, -0.2) is 11.9 Å². The summed E-state index contributed by atoms with van der Waals surface area (Å²) in [6, 6.07) is 7.42. The number of amides is 1. The predicted octanol–water partition coefficient (Wildman–Crippen LogP) is 1.50. The maximum absolute atomic E-state index is 11.4. The van der Waals surface area contributed by atoms with E-state index in [0.717, 1.165) is 5.39 Å². The fraction of sp³-hybridized carbons (Fsp3) is 0.167. The summed E-state index contributed by atoms with van der Waals surface area (Å²) < 4.78 is 4.98. The van der Waals surface area contributed by atoms with Crippen molar-refractivity contribution in [2.45, 2.75) is 13.0 Å². The van der Waals surface area contributed by atoms with Gasteiger partial charge in [-0.15, -0.1) is 12.4 Å². The smallest absolute Gasteiger partial charge is 0.336 e. The highest BCUT2D eigenvalue weighted by molar-refractivity contribution is 5.96. The SMILES string of the molecule is CC(N)C(=O)Nc1ccc2oc(=O)ccc2c1.Cl. The third-order valence-corrected chi connectivity index (χ3v) is 2.30. The van der Waals surface area contributed by atoms with E-state index in [-0.39, 0.29) is 18.3 Å². The number of fused-ring (bicyclic) bond motifs is 1. The number of benzene rings is 1. The van der Waals surface area contributed by atoms with E-state index in [0.29, 0.717) is 11.3 Å². The molecule has 0 saturated heterocycles. The molecule has 0 aliphatic carbocycles. The Kier molecular flexibility index (Phi) is 4.47. The average Bonchev–Trinajstić information content (AvgIpc) is 2.29. The lowest BCUT2D eigenvalue weighted by Crippen LogP contribution is -2.32. The predicted molar refractivity (Wildman–Crippen MR) is 72.0 cm³/mol. The molecule has 0 spiro atoms. The molecule has 18 heavy (non-hydrogen) atoms. The van der Waals surface area contributed by atoms with Crippen LogP contribution in [0, 0.1) is 0 Å². The number of hydrogen-bond acceptors (Lipinski definition) is 4. The molecule has 1 heterocycles. The standard InChI is InChI=1S/C12H12N2O3.ClH/c1-7(13)12(16)14-9-3-4-10-8(6-9)2-5-11(15)17-10;/h2-7H,13H2,1H3,(H,14,16);1H. The molecule has 6 heteroatoms. The topological polar surface area (TPSA) is 85.3 Å². The van der Waals surface area contributed by atoms with E-state index in [9.17, 15) is 9.59 Å². The normalized spacial score (nSPS) is 11.7. The van der Waals surface area contributed by atoms with Crippen LogP contribution < -0.4 is 16.7 Å². The van der Waals surface area contributed by atoms with Crippen molar-refractivity contribution in [3.63, 3.8) is 0 Å². The van der Waals surface area contributed by atoms with E-state index >= 15 is 0 Å². The van der Waals surface area contributed by atoms with Gasteiger partial charge >= 0.3 is 5.63 Å². The summed E-state index contributed by atoms with van der Waals surface area (Å²) in [6.45, 7) is 1.61. The Bertz CT molecular complexity index is 622. The number of halogens is 1. The first kappa shape index (κ1) is 14.2. The van der Waals surface area contributed by atoms with Crippen molar-refractivity contribution < 1.29 is 9.21 Å². The zero-order valence-corrected chi connectivity index (χ0v) is 10.5. The van der Waals surface area contributed by atoms with E-state index in [1.54, 1.807) is 31.2 Å². The van der Waals surface area contributed by atoms with Gasteiger partial charge in [-0.3, -0.25) is 4.79 Å². The van der Waals surface area contributed by atoms with Crippen LogP contribution in [0.5, 0.6) is 0 Å². The Morgan fingerprint density at radius 3 is 2.72 bits per heavy atom. The molecule has 1 unspecified atom stereocenters. The fourth-order valence-electron chi connectivity index (χ4n) is 1.41. The van der Waals surface area contributed by atoms with Crippen LogP contribution in [0.1, 0.15) is 6.92 Å². The number of carbonyl (C=O) groups is 1. The lowest BCUT2D eigenvalue weighted by molar-refractivity contribution is -0.117. The van der Waals surface area contributed by atoms with Crippen LogP contribution in [0.15, 0.2) is 39.5 Å². The molecule has 1 aromatic carbocycles. The van der Waals surface area contributed by atoms with Crippen LogP contribution in [0.25, 0.3) is 11.0 Å². The molecule has 1 atom stereocenters. The summed E-state index contributed by atoms with van der Waals surface area (Å²) in [5.74, 6) is -0.262. The minimum absolute atomic E-state index is 0. The Morgan fingerprint density at radius 2 is 2.06 bits per heavy atom. The highest BCUT2D eigenvalue weighted by Gasteiger charge is 2.07. The first-order valence-electron chi connectivity index (χ1n) is 5.16. The minimum Gasteiger partial charge on any atom is -0.423 e. The molecule has 0 saturated carbocycles. The highest BCUT2D eigenvalue weighted by Crippen LogP contribution is 2.17. The first-order valence-corrected chi connectivity index (χ1v) is 5.16. The Morgan fingerprint density at radius 1 is 1.33 bits per heavy atom. The Labute approximate surface area is 109 Å². The number of nitrogens with two attached hydrogens (primary N) is 1. The molecular formula is C12H13ClN2O3. The molecule has 1 amide bonds. The summed E-state index contributed by atoms with van der Waals surface area (Å²) in [5, 5.41) is 3.41. The molecule has 0 fully saturated rings. The van der Waals surface area contributed by atoms with Gasteiger partial charge in [-0.2, -0.15) is 0 Å². The van der Waals surface area contributed by atoms with E-state index < -0.39 is 11.7 Å². The Balaban J connectivity index is 0.00000162. The van der Waals surface area contributed by atoms with E-state index in [1.165, 1.54) is 6.07 Å². The molecule has 2 rings (SSSR count). The second kappa shape index (κ2) is 5.66. The quantitative estimate of drug-likeness (QED) is 0.808. The number of nitrogens with one attached hydrogen (secondary N) is 1. The summed E-state index contributed by atoms with van der Waals surface area (Å²) in [5.41, 5.74) is 6.15. The molecule has 96 valence electrons. The molecule has 5 nitrogen and oxygen atoms in total. The monoisotopic (exact) mass is 268 g/mol. The van der Waals surface area contributed by atoms with Gasteiger partial charge < -0.3 is 15.5 Å². The lowest BCUT2D eigenvalue weighted by atomic mass is 10.2. The Hall–Kier alpha value is -1.85. The summed E-state index contributed by atoms with van der Waals surface area (Å²) >= 11 is 0. The van der Waals surface area contributed by atoms with Gasteiger partial charge in [-0.1, -0.05) is 0 Å². The molecule has 1 aromatic heterocycles. The van der Waals surface area contributed by atoms with Crippen molar-refractivity contribution in [1.82, 2.24) is 0 Å². The van der Waals surface area contributed by atoms with Gasteiger partial charge in [0.25, 0.3) is 0 Å². The van der Waals surface area contributed by atoms with Crippen molar-refractivity contribution in [2.24, 2.45) is 5.73 Å². The van der Waals surface area contributed by atoms with Crippen molar-refractivity contribution in [2.75, 3.05) is 5.32 Å². The third kappa shape index (κ3) is 3.09. The van der Waals surface area contributed by atoms with Gasteiger partial charge in [0.1, 0.15) is 5.58 Å². The maximum atomic E-state index is 11.4. The molecule has 0 bridgehead atoms. The van der Waals surface area contributed by atoms with E-state index in [4.69, 9.17) is 10.2 Å². The lowest BCUT2D eigenvalue weighted by Gasteiger charge is -2.07. The molecule has 2 aromatic rings. The van der Waals surface area contributed by atoms with Crippen LogP contribution in [-0.2, 0) is 4.79 Å². The zero-order valence-electron chi connectivity index (χ0n) is 9.67. The molecule has 0 aliphatic heterocycles. The third-order valence-electron chi connectivity index (χ3n) is 2.30. The summed E-state index contributed by atoms with van der Waals surface area (Å²) in [4.78, 5) is 22.4.